The molecule has 0 aromatic heterocycles. The van der Waals surface area contributed by atoms with E-state index >= 15 is 0 Å². The fourth-order valence-electron chi connectivity index (χ4n) is 8.77. The molecule has 2 aliphatic rings. The maximum atomic E-state index is 7.04. The van der Waals surface area contributed by atoms with Crippen molar-refractivity contribution >= 4 is 0 Å². The first kappa shape index (κ1) is 46.6. The molecular formula is C52H86O4. The van der Waals surface area contributed by atoms with Crippen LogP contribution in [0.3, 0.4) is 0 Å². The van der Waals surface area contributed by atoms with Crippen molar-refractivity contribution in [3.05, 3.63) is 46.5 Å². The van der Waals surface area contributed by atoms with Crippen molar-refractivity contribution < 1.29 is 18.9 Å². The fourth-order valence-corrected chi connectivity index (χ4v) is 8.77. The summed E-state index contributed by atoms with van der Waals surface area (Å²) in [7, 11) is 0. The van der Waals surface area contributed by atoms with Gasteiger partial charge < -0.3 is 18.9 Å². The fraction of sp³-hybridized carbons (Fsp3) is 0.769. The van der Waals surface area contributed by atoms with Crippen LogP contribution in [-0.2, 0) is 31.1 Å². The molecule has 318 valence electrons. The first-order valence-electron chi connectivity index (χ1n) is 23.5. The van der Waals surface area contributed by atoms with Crippen LogP contribution in [-0.4, -0.2) is 38.6 Å². The van der Waals surface area contributed by atoms with E-state index < -0.39 is 0 Å². The molecule has 0 aliphatic carbocycles. The van der Waals surface area contributed by atoms with Crippen LogP contribution >= 0.6 is 0 Å². The Hall–Kier alpha value is -2.04. The van der Waals surface area contributed by atoms with Crippen molar-refractivity contribution in [2.45, 2.75) is 233 Å². The normalized spacial score (nSPS) is 17.4. The molecule has 0 N–H and O–H groups in total. The molecule has 2 atom stereocenters. The van der Waals surface area contributed by atoms with Crippen LogP contribution in [0.5, 0.6) is 11.5 Å². The highest BCUT2D eigenvalue weighted by molar-refractivity contribution is 5.73. The summed E-state index contributed by atoms with van der Waals surface area (Å²) in [4.78, 5) is 0. The highest BCUT2D eigenvalue weighted by Crippen LogP contribution is 2.50. The van der Waals surface area contributed by atoms with Crippen LogP contribution in [0.2, 0.25) is 0 Å². The predicted molar refractivity (Wildman–Crippen MR) is 240 cm³/mol. The van der Waals surface area contributed by atoms with E-state index in [0.717, 1.165) is 63.2 Å². The maximum Gasteiger partial charge on any atom is 0.126 e. The van der Waals surface area contributed by atoms with E-state index in [9.17, 15) is 0 Å². The van der Waals surface area contributed by atoms with Crippen molar-refractivity contribution in [2.24, 2.45) is 0 Å². The van der Waals surface area contributed by atoms with Gasteiger partial charge in [-0.15, -0.1) is 0 Å². The lowest BCUT2D eigenvalue weighted by Crippen LogP contribution is -2.25. The Kier molecular flexibility index (Phi) is 17.7. The Morgan fingerprint density at radius 3 is 0.911 bits per heavy atom. The summed E-state index contributed by atoms with van der Waals surface area (Å²) in [6, 6.07) is 10.2. The number of benzene rings is 2. The van der Waals surface area contributed by atoms with E-state index in [0.29, 0.717) is 25.4 Å². The molecule has 2 unspecified atom stereocenters. The summed E-state index contributed by atoms with van der Waals surface area (Å²) in [5.41, 5.74) is 8.00. The van der Waals surface area contributed by atoms with E-state index in [4.69, 9.17) is 18.9 Å². The molecule has 0 amide bonds. The van der Waals surface area contributed by atoms with Crippen LogP contribution in [0.25, 0.3) is 11.1 Å². The molecule has 2 saturated heterocycles. The Balaban J connectivity index is 2.01. The number of unbranched alkanes of at least 4 members (excludes halogenated alkanes) is 8. The SMILES string of the molecule is CCCCCC(C)(C)c1cc(-c2cc(C(C)(C)CCCCC)c(OCCC3CO3)c(C(C)(C)CCCCC)c2)cc(C(C)(C)CCCCC)c1OCCC1CO1. The molecule has 2 aromatic rings. The molecule has 0 bridgehead atoms. The van der Waals surface area contributed by atoms with E-state index in [2.05, 4.69) is 107 Å². The third-order valence-electron chi connectivity index (χ3n) is 13.2. The molecule has 56 heavy (non-hydrogen) atoms. The Morgan fingerprint density at radius 2 is 0.696 bits per heavy atom. The first-order chi connectivity index (χ1) is 26.6. The summed E-state index contributed by atoms with van der Waals surface area (Å²) >= 11 is 0. The number of rotatable bonds is 29. The zero-order chi connectivity index (χ0) is 41.0. The highest BCUT2D eigenvalue weighted by Gasteiger charge is 2.36. The lowest BCUT2D eigenvalue weighted by molar-refractivity contribution is 0.266. The second kappa shape index (κ2) is 21.3. The van der Waals surface area contributed by atoms with Crippen LogP contribution in [0.4, 0.5) is 0 Å². The van der Waals surface area contributed by atoms with Crippen LogP contribution in [0, 0.1) is 0 Å². The second-order valence-electron chi connectivity index (χ2n) is 20.3. The average molecular weight is 775 g/mol. The quantitative estimate of drug-likeness (QED) is 0.0610. The summed E-state index contributed by atoms with van der Waals surface area (Å²) in [5.74, 6) is 2.28. The molecule has 2 heterocycles. The molecule has 0 radical (unpaired) electrons. The van der Waals surface area contributed by atoms with Gasteiger partial charge in [-0.05, 0) is 82.7 Å². The minimum Gasteiger partial charge on any atom is -0.493 e. The van der Waals surface area contributed by atoms with Crippen LogP contribution < -0.4 is 9.47 Å². The van der Waals surface area contributed by atoms with Gasteiger partial charge in [0, 0.05) is 35.1 Å². The summed E-state index contributed by atoms with van der Waals surface area (Å²) in [6.45, 7) is 32.2. The smallest absolute Gasteiger partial charge is 0.126 e. The standard InChI is InChI=1S/C52H86O4/c1-13-17-21-27-49(5,6)43-33-39(34-44(50(7,8)28-22-18-14-2)47(43)53-31-25-41-37-55-41)40-35-45(51(9,10)29-23-19-15-3)48(54-32-26-42-38-56-42)46(36-40)52(11,12)30-24-20-16-4/h33-36,41-42H,13-32,37-38H2,1-12H3. The van der Waals surface area contributed by atoms with E-state index in [-0.39, 0.29) is 21.7 Å². The minimum atomic E-state index is -0.0384. The number of epoxide rings is 2. The number of hydrogen-bond donors (Lipinski definition) is 0. The zero-order valence-electron chi connectivity index (χ0n) is 38.7. The van der Waals surface area contributed by atoms with Crippen molar-refractivity contribution in [3.8, 4) is 22.6 Å². The van der Waals surface area contributed by atoms with Gasteiger partial charge in [0.05, 0.1) is 38.6 Å². The highest BCUT2D eigenvalue weighted by atomic mass is 16.6. The summed E-state index contributed by atoms with van der Waals surface area (Å²) in [5, 5.41) is 0. The monoisotopic (exact) mass is 775 g/mol. The molecule has 4 nitrogen and oxygen atoms in total. The van der Waals surface area contributed by atoms with Gasteiger partial charge in [-0.2, -0.15) is 0 Å². The van der Waals surface area contributed by atoms with E-state index in [1.165, 1.54) is 110 Å². The molecule has 4 rings (SSSR count). The maximum absolute atomic E-state index is 7.04. The van der Waals surface area contributed by atoms with Crippen molar-refractivity contribution in [3.63, 3.8) is 0 Å². The van der Waals surface area contributed by atoms with E-state index in [1.54, 1.807) is 0 Å². The molecular weight excluding hydrogens is 689 g/mol. The zero-order valence-corrected chi connectivity index (χ0v) is 38.7. The van der Waals surface area contributed by atoms with Crippen LogP contribution in [0.15, 0.2) is 24.3 Å². The number of ether oxygens (including phenoxy) is 4. The summed E-state index contributed by atoms with van der Waals surface area (Å²) in [6.07, 6.45) is 22.0. The van der Waals surface area contributed by atoms with Gasteiger partial charge in [0.1, 0.15) is 11.5 Å². The Bertz CT molecular complexity index is 1280. The molecule has 2 fully saturated rings. The van der Waals surface area contributed by atoms with Crippen molar-refractivity contribution in [1.82, 2.24) is 0 Å². The molecule has 2 aromatic carbocycles. The summed E-state index contributed by atoms with van der Waals surface area (Å²) < 4.78 is 25.4. The third kappa shape index (κ3) is 13.5. The van der Waals surface area contributed by atoms with Gasteiger partial charge in [-0.3, -0.25) is 0 Å². The molecule has 0 spiro atoms. The van der Waals surface area contributed by atoms with Crippen LogP contribution in [0.1, 0.15) is 221 Å². The van der Waals surface area contributed by atoms with Gasteiger partial charge in [-0.1, -0.05) is 160 Å². The average Bonchev–Trinajstić information content (AvgIpc) is 4.09. The lowest BCUT2D eigenvalue weighted by Gasteiger charge is -2.36. The van der Waals surface area contributed by atoms with Gasteiger partial charge in [0.25, 0.3) is 0 Å². The van der Waals surface area contributed by atoms with Gasteiger partial charge in [0.15, 0.2) is 0 Å². The van der Waals surface area contributed by atoms with Gasteiger partial charge >= 0.3 is 0 Å². The number of hydrogen-bond acceptors (Lipinski definition) is 4. The molecule has 4 heteroatoms. The third-order valence-corrected chi connectivity index (χ3v) is 13.2. The largest absolute Gasteiger partial charge is 0.493 e. The second-order valence-corrected chi connectivity index (χ2v) is 20.3. The Labute approximate surface area is 346 Å². The molecule has 2 aliphatic heterocycles. The first-order valence-corrected chi connectivity index (χ1v) is 23.5. The van der Waals surface area contributed by atoms with Crippen molar-refractivity contribution in [1.29, 1.82) is 0 Å². The molecule has 0 saturated carbocycles. The lowest BCUT2D eigenvalue weighted by atomic mass is 9.71. The van der Waals surface area contributed by atoms with Gasteiger partial charge in [-0.25, -0.2) is 0 Å². The topological polar surface area (TPSA) is 43.5 Å². The van der Waals surface area contributed by atoms with Gasteiger partial charge in [0.2, 0.25) is 0 Å². The van der Waals surface area contributed by atoms with Crippen molar-refractivity contribution in [2.75, 3.05) is 26.4 Å². The minimum absolute atomic E-state index is 0.0384. The Morgan fingerprint density at radius 1 is 0.446 bits per heavy atom. The van der Waals surface area contributed by atoms with E-state index in [1.807, 2.05) is 0 Å². The predicted octanol–water partition coefficient (Wildman–Crippen LogP) is 15.1.